The van der Waals surface area contributed by atoms with Gasteiger partial charge in [0.15, 0.2) is 0 Å². The molecule has 0 saturated heterocycles. The van der Waals surface area contributed by atoms with Crippen LogP contribution in [0.2, 0.25) is 0 Å². The van der Waals surface area contributed by atoms with Crippen LogP contribution < -0.4 is 5.73 Å². The van der Waals surface area contributed by atoms with Crippen LogP contribution in [-0.2, 0) is 9.53 Å². The fraction of sp³-hybridized carbons (Fsp3) is 0.286. The highest BCUT2D eigenvalue weighted by Crippen LogP contribution is 2.23. The van der Waals surface area contributed by atoms with Crippen molar-refractivity contribution in [2.75, 3.05) is 6.61 Å². The van der Waals surface area contributed by atoms with Crippen molar-refractivity contribution < 1.29 is 9.53 Å². The third-order valence-electron chi connectivity index (χ3n) is 2.77. The Morgan fingerprint density at radius 1 is 1.39 bits per heavy atom. The van der Waals surface area contributed by atoms with E-state index in [9.17, 15) is 4.79 Å². The summed E-state index contributed by atoms with van der Waals surface area (Å²) in [5.41, 5.74) is 7.87. The summed E-state index contributed by atoms with van der Waals surface area (Å²) in [5.74, 6) is -0.272. The molecule has 0 aliphatic heterocycles. The van der Waals surface area contributed by atoms with Crippen molar-refractivity contribution >= 4 is 16.9 Å². The van der Waals surface area contributed by atoms with E-state index in [1.165, 1.54) is 0 Å². The lowest BCUT2D eigenvalue weighted by Crippen LogP contribution is -2.17. The molecule has 4 heteroatoms. The molecule has 1 heterocycles. The number of esters is 1. The van der Waals surface area contributed by atoms with Gasteiger partial charge >= 0.3 is 5.97 Å². The Morgan fingerprint density at radius 2 is 2.17 bits per heavy atom. The molecule has 94 valence electrons. The van der Waals surface area contributed by atoms with E-state index in [1.54, 1.807) is 13.1 Å². The molecule has 0 amide bonds. The first-order valence-electron chi connectivity index (χ1n) is 5.97. The minimum atomic E-state index is -0.364. The Hall–Kier alpha value is -1.94. The summed E-state index contributed by atoms with van der Waals surface area (Å²) in [6.45, 7) is 2.16. The van der Waals surface area contributed by atoms with Crippen LogP contribution in [-0.4, -0.2) is 17.6 Å². The number of fused-ring (bicyclic) bond motifs is 1. The van der Waals surface area contributed by atoms with Crippen LogP contribution in [0.5, 0.6) is 0 Å². The lowest BCUT2D eigenvalue weighted by atomic mass is 10.0. The third kappa shape index (κ3) is 2.65. The van der Waals surface area contributed by atoms with Crippen LogP contribution in [0.3, 0.4) is 0 Å². The van der Waals surface area contributed by atoms with Crippen molar-refractivity contribution in [3.63, 3.8) is 0 Å². The fourth-order valence-electron chi connectivity index (χ4n) is 1.95. The molecule has 0 radical (unpaired) electrons. The van der Waals surface area contributed by atoms with Crippen molar-refractivity contribution in [1.82, 2.24) is 4.98 Å². The van der Waals surface area contributed by atoms with Crippen LogP contribution in [0.25, 0.3) is 10.9 Å². The highest BCUT2D eigenvalue weighted by molar-refractivity contribution is 5.83. The number of para-hydroxylation sites is 1. The Morgan fingerprint density at radius 3 is 2.94 bits per heavy atom. The Labute approximate surface area is 106 Å². The lowest BCUT2D eigenvalue weighted by molar-refractivity contribution is -0.143. The topological polar surface area (TPSA) is 65.2 Å². The van der Waals surface area contributed by atoms with Gasteiger partial charge in [-0.3, -0.25) is 9.78 Å². The number of pyridine rings is 1. The van der Waals surface area contributed by atoms with Gasteiger partial charge < -0.3 is 10.5 Å². The monoisotopic (exact) mass is 244 g/mol. The van der Waals surface area contributed by atoms with E-state index in [-0.39, 0.29) is 18.4 Å². The molecule has 0 aliphatic rings. The number of ether oxygens (including phenoxy) is 1. The minimum Gasteiger partial charge on any atom is -0.466 e. The Kier molecular flexibility index (Phi) is 3.89. The molecular weight excluding hydrogens is 228 g/mol. The smallest absolute Gasteiger partial charge is 0.307 e. The number of carbonyl (C=O) groups excluding carboxylic acids is 1. The van der Waals surface area contributed by atoms with Gasteiger partial charge in [-0.05, 0) is 24.6 Å². The molecule has 0 fully saturated rings. The summed E-state index contributed by atoms with van der Waals surface area (Å²) in [5, 5.41) is 0.983. The zero-order valence-corrected chi connectivity index (χ0v) is 10.3. The molecule has 1 aromatic carbocycles. The molecular formula is C14H16N2O2. The molecule has 4 nitrogen and oxygen atoms in total. The van der Waals surface area contributed by atoms with E-state index in [2.05, 4.69) is 4.98 Å². The van der Waals surface area contributed by atoms with Crippen molar-refractivity contribution in [3.8, 4) is 0 Å². The molecule has 0 aliphatic carbocycles. The lowest BCUT2D eigenvalue weighted by Gasteiger charge is -2.13. The molecule has 2 rings (SSSR count). The number of benzene rings is 1. The zero-order valence-electron chi connectivity index (χ0n) is 10.3. The SMILES string of the molecule is CCOC(=O)C[C@H](N)c1ccnc2ccccc12. The maximum absolute atomic E-state index is 11.4. The number of aromatic nitrogens is 1. The van der Waals surface area contributed by atoms with Gasteiger partial charge in [-0.25, -0.2) is 0 Å². The van der Waals surface area contributed by atoms with Crippen molar-refractivity contribution in [2.45, 2.75) is 19.4 Å². The molecule has 18 heavy (non-hydrogen) atoms. The van der Waals surface area contributed by atoms with Crippen LogP contribution in [0.15, 0.2) is 36.5 Å². The van der Waals surface area contributed by atoms with Gasteiger partial charge in [-0.1, -0.05) is 18.2 Å². The van der Waals surface area contributed by atoms with Gasteiger partial charge in [0.2, 0.25) is 0 Å². The van der Waals surface area contributed by atoms with E-state index in [0.717, 1.165) is 16.5 Å². The molecule has 0 saturated carbocycles. The predicted molar refractivity (Wildman–Crippen MR) is 69.9 cm³/mol. The molecule has 0 bridgehead atoms. The molecule has 2 aromatic rings. The molecule has 2 N–H and O–H groups in total. The van der Waals surface area contributed by atoms with Crippen molar-refractivity contribution in [1.29, 1.82) is 0 Å². The van der Waals surface area contributed by atoms with Gasteiger partial charge in [0, 0.05) is 17.6 Å². The average molecular weight is 244 g/mol. The van der Waals surface area contributed by atoms with Gasteiger partial charge in [-0.2, -0.15) is 0 Å². The summed E-state index contributed by atoms with van der Waals surface area (Å²) in [7, 11) is 0. The van der Waals surface area contributed by atoms with Gasteiger partial charge in [0.05, 0.1) is 18.5 Å². The standard InChI is InChI=1S/C14H16N2O2/c1-2-18-14(17)9-12(15)10-7-8-16-13-6-4-3-5-11(10)13/h3-8,12H,2,9,15H2,1H3/t12-/m0/s1. The van der Waals surface area contributed by atoms with Crippen LogP contribution >= 0.6 is 0 Å². The fourth-order valence-corrected chi connectivity index (χ4v) is 1.95. The summed E-state index contributed by atoms with van der Waals surface area (Å²) in [6.07, 6.45) is 1.89. The van der Waals surface area contributed by atoms with Gasteiger partial charge in [-0.15, -0.1) is 0 Å². The maximum atomic E-state index is 11.4. The second kappa shape index (κ2) is 5.60. The van der Waals surface area contributed by atoms with E-state index in [4.69, 9.17) is 10.5 Å². The quantitative estimate of drug-likeness (QED) is 0.837. The minimum absolute atomic E-state index is 0.182. The number of nitrogens with zero attached hydrogens (tertiary/aromatic N) is 1. The normalized spacial score (nSPS) is 12.3. The molecule has 1 atom stereocenters. The van der Waals surface area contributed by atoms with E-state index >= 15 is 0 Å². The van der Waals surface area contributed by atoms with E-state index in [1.807, 2.05) is 30.3 Å². The number of hydrogen-bond donors (Lipinski definition) is 1. The number of hydrogen-bond acceptors (Lipinski definition) is 4. The second-order valence-electron chi connectivity index (χ2n) is 4.03. The summed E-state index contributed by atoms with van der Waals surface area (Å²) in [4.78, 5) is 15.7. The Balaban J connectivity index is 2.27. The number of carbonyl (C=O) groups is 1. The van der Waals surface area contributed by atoms with E-state index < -0.39 is 0 Å². The summed E-state index contributed by atoms with van der Waals surface area (Å²) in [6, 6.07) is 9.24. The molecule has 0 unspecified atom stereocenters. The van der Waals surface area contributed by atoms with Crippen LogP contribution in [0, 0.1) is 0 Å². The largest absolute Gasteiger partial charge is 0.466 e. The summed E-state index contributed by atoms with van der Waals surface area (Å²) < 4.78 is 4.91. The second-order valence-corrected chi connectivity index (χ2v) is 4.03. The van der Waals surface area contributed by atoms with Crippen LogP contribution in [0.4, 0.5) is 0 Å². The zero-order chi connectivity index (χ0) is 13.0. The molecule has 0 spiro atoms. The first-order chi connectivity index (χ1) is 8.72. The highest BCUT2D eigenvalue weighted by atomic mass is 16.5. The third-order valence-corrected chi connectivity index (χ3v) is 2.77. The first kappa shape index (κ1) is 12.5. The van der Waals surface area contributed by atoms with Gasteiger partial charge in [0.25, 0.3) is 0 Å². The maximum Gasteiger partial charge on any atom is 0.307 e. The first-order valence-corrected chi connectivity index (χ1v) is 5.97. The number of rotatable bonds is 4. The average Bonchev–Trinajstić information content (AvgIpc) is 2.38. The van der Waals surface area contributed by atoms with Gasteiger partial charge in [0.1, 0.15) is 0 Å². The van der Waals surface area contributed by atoms with Crippen molar-refractivity contribution in [3.05, 3.63) is 42.1 Å². The summed E-state index contributed by atoms with van der Waals surface area (Å²) >= 11 is 0. The number of nitrogens with two attached hydrogens (primary N) is 1. The van der Waals surface area contributed by atoms with Crippen LogP contribution in [0.1, 0.15) is 24.9 Å². The predicted octanol–water partition coefficient (Wildman–Crippen LogP) is 2.19. The van der Waals surface area contributed by atoms with E-state index in [0.29, 0.717) is 6.61 Å². The Bertz CT molecular complexity index is 549. The molecule has 1 aromatic heterocycles. The highest BCUT2D eigenvalue weighted by Gasteiger charge is 2.14. The van der Waals surface area contributed by atoms with Crippen molar-refractivity contribution in [2.24, 2.45) is 5.73 Å².